The molecule has 1 heterocycles. The molecule has 0 atom stereocenters. The van der Waals surface area contributed by atoms with Gasteiger partial charge in [0.25, 0.3) is 5.91 Å². The normalized spacial score (nSPS) is 10.4. The van der Waals surface area contributed by atoms with Gasteiger partial charge in [0.15, 0.2) is 0 Å². The SMILES string of the molecule is Cc1cc(Cl)ccc1Nc1ncc(C(=O)NCc2ccc(Cl)cc2)cn1. The van der Waals surface area contributed by atoms with Crippen molar-refractivity contribution in [1.29, 1.82) is 0 Å². The van der Waals surface area contributed by atoms with Crippen LogP contribution in [-0.4, -0.2) is 15.9 Å². The van der Waals surface area contributed by atoms with E-state index in [0.717, 1.165) is 16.8 Å². The predicted molar refractivity (Wildman–Crippen MR) is 104 cm³/mol. The van der Waals surface area contributed by atoms with Gasteiger partial charge in [-0.25, -0.2) is 9.97 Å². The average Bonchev–Trinajstić information content (AvgIpc) is 2.64. The molecule has 0 fully saturated rings. The van der Waals surface area contributed by atoms with Crippen molar-refractivity contribution in [3.8, 4) is 0 Å². The lowest BCUT2D eigenvalue weighted by Crippen LogP contribution is -2.23. The standard InChI is InChI=1S/C19H16Cl2N4O/c1-12-8-16(21)6-7-17(12)25-19-23-10-14(11-24-19)18(26)22-9-13-2-4-15(20)5-3-13/h2-8,10-11H,9H2,1H3,(H,22,26)(H,23,24,25). The molecule has 0 aliphatic rings. The van der Waals surface area contributed by atoms with Crippen LogP contribution in [0.4, 0.5) is 11.6 Å². The van der Waals surface area contributed by atoms with Crippen molar-refractivity contribution >= 4 is 40.7 Å². The van der Waals surface area contributed by atoms with Gasteiger partial charge < -0.3 is 10.6 Å². The number of nitrogens with one attached hydrogen (secondary N) is 2. The van der Waals surface area contributed by atoms with Crippen molar-refractivity contribution in [2.24, 2.45) is 0 Å². The fourth-order valence-electron chi connectivity index (χ4n) is 2.28. The fraction of sp³-hybridized carbons (Fsp3) is 0.105. The van der Waals surface area contributed by atoms with E-state index in [1.165, 1.54) is 12.4 Å². The van der Waals surface area contributed by atoms with Crippen LogP contribution in [0.15, 0.2) is 54.9 Å². The second kappa shape index (κ2) is 8.17. The third-order valence-electron chi connectivity index (χ3n) is 3.72. The smallest absolute Gasteiger partial charge is 0.254 e. The summed E-state index contributed by atoms with van der Waals surface area (Å²) < 4.78 is 0. The molecule has 2 aromatic carbocycles. The Labute approximate surface area is 161 Å². The molecule has 0 unspecified atom stereocenters. The van der Waals surface area contributed by atoms with Crippen LogP contribution in [0.5, 0.6) is 0 Å². The minimum absolute atomic E-state index is 0.242. The van der Waals surface area contributed by atoms with Crippen LogP contribution in [0.1, 0.15) is 21.5 Å². The molecule has 0 saturated carbocycles. The Morgan fingerprint density at radius 3 is 2.31 bits per heavy atom. The van der Waals surface area contributed by atoms with Crippen LogP contribution in [0.3, 0.4) is 0 Å². The molecule has 1 aromatic heterocycles. The molecule has 0 spiro atoms. The highest BCUT2D eigenvalue weighted by Gasteiger charge is 2.08. The van der Waals surface area contributed by atoms with Gasteiger partial charge in [0.05, 0.1) is 5.56 Å². The summed E-state index contributed by atoms with van der Waals surface area (Å²) in [4.78, 5) is 20.6. The maximum atomic E-state index is 12.2. The minimum Gasteiger partial charge on any atom is -0.348 e. The monoisotopic (exact) mass is 386 g/mol. The molecular formula is C19H16Cl2N4O. The Morgan fingerprint density at radius 1 is 1.00 bits per heavy atom. The number of carbonyl (C=O) groups is 1. The van der Waals surface area contributed by atoms with E-state index in [0.29, 0.717) is 28.1 Å². The van der Waals surface area contributed by atoms with Crippen molar-refractivity contribution in [2.75, 3.05) is 5.32 Å². The van der Waals surface area contributed by atoms with E-state index in [2.05, 4.69) is 20.6 Å². The van der Waals surface area contributed by atoms with Crippen molar-refractivity contribution in [3.05, 3.63) is 81.6 Å². The Kier molecular flexibility index (Phi) is 5.71. The molecule has 5 nitrogen and oxygen atoms in total. The number of aryl methyl sites for hydroxylation is 1. The molecule has 1 amide bonds. The lowest BCUT2D eigenvalue weighted by Gasteiger charge is -2.09. The number of amides is 1. The molecule has 7 heteroatoms. The third kappa shape index (κ3) is 4.71. The van der Waals surface area contributed by atoms with Crippen LogP contribution < -0.4 is 10.6 Å². The number of halogens is 2. The molecule has 0 bridgehead atoms. The number of nitrogens with zero attached hydrogens (tertiary/aromatic N) is 2. The zero-order valence-corrected chi connectivity index (χ0v) is 15.5. The van der Waals surface area contributed by atoms with Crippen molar-refractivity contribution in [3.63, 3.8) is 0 Å². The molecule has 0 radical (unpaired) electrons. The maximum absolute atomic E-state index is 12.2. The summed E-state index contributed by atoms with van der Waals surface area (Å²) in [6.07, 6.45) is 2.97. The molecule has 26 heavy (non-hydrogen) atoms. The maximum Gasteiger partial charge on any atom is 0.254 e. The number of anilines is 2. The second-order valence-electron chi connectivity index (χ2n) is 5.69. The number of hydrogen-bond donors (Lipinski definition) is 2. The van der Waals surface area contributed by atoms with Gasteiger partial charge in [-0.1, -0.05) is 35.3 Å². The van der Waals surface area contributed by atoms with Crippen molar-refractivity contribution in [2.45, 2.75) is 13.5 Å². The highest BCUT2D eigenvalue weighted by molar-refractivity contribution is 6.30. The summed E-state index contributed by atoms with van der Waals surface area (Å²) in [5.74, 6) is 0.166. The lowest BCUT2D eigenvalue weighted by atomic mass is 10.2. The first-order valence-electron chi connectivity index (χ1n) is 7.89. The molecule has 132 valence electrons. The van der Waals surface area contributed by atoms with E-state index in [1.54, 1.807) is 18.2 Å². The van der Waals surface area contributed by atoms with Crippen molar-refractivity contribution in [1.82, 2.24) is 15.3 Å². The Hall–Kier alpha value is -2.63. The first-order valence-corrected chi connectivity index (χ1v) is 8.65. The van der Waals surface area contributed by atoms with Crippen molar-refractivity contribution < 1.29 is 4.79 Å². The van der Waals surface area contributed by atoms with Gasteiger partial charge in [0, 0.05) is 34.7 Å². The summed E-state index contributed by atoms with van der Waals surface area (Å²) in [6.45, 7) is 2.34. The van der Waals surface area contributed by atoms with Gasteiger partial charge in [-0.2, -0.15) is 0 Å². The van der Waals surface area contributed by atoms with E-state index in [9.17, 15) is 4.79 Å². The van der Waals surface area contributed by atoms with Gasteiger partial charge in [0.2, 0.25) is 5.95 Å². The van der Waals surface area contributed by atoms with Gasteiger partial charge >= 0.3 is 0 Å². The molecular weight excluding hydrogens is 371 g/mol. The van der Waals surface area contributed by atoms with E-state index in [4.69, 9.17) is 23.2 Å². The van der Waals surface area contributed by atoms with Crippen LogP contribution >= 0.6 is 23.2 Å². The van der Waals surface area contributed by atoms with E-state index in [1.807, 2.05) is 31.2 Å². The summed E-state index contributed by atoms with van der Waals surface area (Å²) in [7, 11) is 0. The molecule has 0 aliphatic heterocycles. The predicted octanol–water partition coefficient (Wildman–Crippen LogP) is 4.77. The van der Waals surface area contributed by atoms with Gasteiger partial charge in [-0.05, 0) is 48.4 Å². The van der Waals surface area contributed by atoms with Gasteiger partial charge in [0.1, 0.15) is 0 Å². The summed E-state index contributed by atoms with van der Waals surface area (Å²) in [5.41, 5.74) is 3.18. The summed E-state index contributed by atoms with van der Waals surface area (Å²) in [6, 6.07) is 12.8. The Bertz CT molecular complexity index is 912. The first-order chi connectivity index (χ1) is 12.5. The molecule has 2 N–H and O–H groups in total. The van der Waals surface area contributed by atoms with E-state index < -0.39 is 0 Å². The van der Waals surface area contributed by atoms with Gasteiger partial charge in [-0.15, -0.1) is 0 Å². The number of benzene rings is 2. The largest absolute Gasteiger partial charge is 0.348 e. The highest BCUT2D eigenvalue weighted by Crippen LogP contribution is 2.21. The average molecular weight is 387 g/mol. The zero-order valence-electron chi connectivity index (χ0n) is 14.0. The zero-order chi connectivity index (χ0) is 18.5. The third-order valence-corrected chi connectivity index (χ3v) is 4.20. The lowest BCUT2D eigenvalue weighted by molar-refractivity contribution is 0.0950. The Balaban J connectivity index is 1.61. The fourth-order valence-corrected chi connectivity index (χ4v) is 2.64. The number of hydrogen-bond acceptors (Lipinski definition) is 4. The molecule has 0 saturated heterocycles. The quantitative estimate of drug-likeness (QED) is 0.662. The number of aromatic nitrogens is 2. The van der Waals surface area contributed by atoms with E-state index in [-0.39, 0.29) is 5.91 Å². The minimum atomic E-state index is -0.242. The first kappa shape index (κ1) is 18.2. The summed E-state index contributed by atoms with van der Waals surface area (Å²) in [5, 5.41) is 7.25. The Morgan fingerprint density at radius 2 is 1.65 bits per heavy atom. The number of carbonyl (C=O) groups excluding carboxylic acids is 1. The van der Waals surface area contributed by atoms with E-state index >= 15 is 0 Å². The molecule has 0 aliphatic carbocycles. The van der Waals surface area contributed by atoms with Crippen LogP contribution in [0.2, 0.25) is 10.0 Å². The van der Waals surface area contributed by atoms with Crippen LogP contribution in [-0.2, 0) is 6.54 Å². The highest BCUT2D eigenvalue weighted by atomic mass is 35.5. The van der Waals surface area contributed by atoms with Gasteiger partial charge in [-0.3, -0.25) is 4.79 Å². The topological polar surface area (TPSA) is 66.9 Å². The summed E-state index contributed by atoms with van der Waals surface area (Å²) >= 11 is 11.8. The molecule has 3 aromatic rings. The van der Waals surface area contributed by atoms with Crippen LogP contribution in [0, 0.1) is 6.92 Å². The van der Waals surface area contributed by atoms with Crippen LogP contribution in [0.25, 0.3) is 0 Å². The molecule has 3 rings (SSSR count). The number of rotatable bonds is 5. The second-order valence-corrected chi connectivity index (χ2v) is 6.56.